The van der Waals surface area contributed by atoms with E-state index in [-0.39, 0.29) is 23.9 Å². The lowest BCUT2D eigenvalue weighted by Crippen LogP contribution is -2.42. The number of rotatable bonds is 4. The Hall–Kier alpha value is -1.40. The van der Waals surface area contributed by atoms with Gasteiger partial charge in [0, 0.05) is 30.7 Å². The molecule has 0 unspecified atom stereocenters. The average molecular weight is 391 g/mol. The first-order chi connectivity index (χ1) is 12.9. The van der Waals surface area contributed by atoms with Crippen LogP contribution in [0.15, 0.2) is 23.1 Å². The van der Waals surface area contributed by atoms with Crippen molar-refractivity contribution in [2.45, 2.75) is 81.7 Å². The molecule has 3 aliphatic rings. The van der Waals surface area contributed by atoms with Crippen LogP contribution in [0.3, 0.4) is 0 Å². The highest BCUT2D eigenvalue weighted by Gasteiger charge is 2.38. The number of carbonyl (C=O) groups excluding carboxylic acids is 1. The fourth-order valence-corrected chi connectivity index (χ4v) is 6.23. The zero-order valence-electron chi connectivity index (χ0n) is 16.4. The van der Waals surface area contributed by atoms with Gasteiger partial charge in [0.1, 0.15) is 0 Å². The third kappa shape index (κ3) is 3.31. The van der Waals surface area contributed by atoms with E-state index in [1.807, 2.05) is 11.0 Å². The largest absolute Gasteiger partial charge is 0.309 e. The van der Waals surface area contributed by atoms with Crippen LogP contribution >= 0.6 is 0 Å². The molecule has 2 fully saturated rings. The maximum atomic E-state index is 13.1. The van der Waals surface area contributed by atoms with Crippen LogP contribution in [-0.2, 0) is 21.2 Å². The first-order valence-corrected chi connectivity index (χ1v) is 11.8. The summed E-state index contributed by atoms with van der Waals surface area (Å²) in [6.07, 6.45) is 9.12. The molecule has 1 heterocycles. The summed E-state index contributed by atoms with van der Waals surface area (Å²) in [5, 5.41) is 0. The van der Waals surface area contributed by atoms with Crippen LogP contribution in [0.25, 0.3) is 0 Å². The van der Waals surface area contributed by atoms with Gasteiger partial charge >= 0.3 is 0 Å². The summed E-state index contributed by atoms with van der Waals surface area (Å²) >= 11 is 0. The Balaban J connectivity index is 1.59. The van der Waals surface area contributed by atoms with Crippen molar-refractivity contribution in [3.05, 3.63) is 23.8 Å². The SMILES string of the molecule is C[C@H]1Cc2cc(S(=O)(=O)N(C)C3CCCCC3)ccc2N1C(=O)C1CCC1. The molecule has 1 aromatic carbocycles. The molecule has 0 spiro atoms. The number of sulfonamides is 1. The van der Waals surface area contributed by atoms with Crippen molar-refractivity contribution in [1.82, 2.24) is 4.31 Å². The molecule has 0 saturated heterocycles. The normalized spacial score (nSPS) is 24.1. The Morgan fingerprint density at radius 3 is 2.41 bits per heavy atom. The predicted octanol–water partition coefficient (Wildman–Crippen LogP) is 3.72. The summed E-state index contributed by atoms with van der Waals surface area (Å²) in [4.78, 5) is 15.1. The van der Waals surface area contributed by atoms with Gasteiger partial charge in [-0.2, -0.15) is 4.31 Å². The molecule has 148 valence electrons. The predicted molar refractivity (Wildman–Crippen MR) is 106 cm³/mol. The van der Waals surface area contributed by atoms with Crippen molar-refractivity contribution in [3.8, 4) is 0 Å². The van der Waals surface area contributed by atoms with Gasteiger partial charge < -0.3 is 4.90 Å². The number of fused-ring (bicyclic) bond motifs is 1. The van der Waals surface area contributed by atoms with Gasteiger partial charge in [0.25, 0.3) is 0 Å². The molecule has 2 aliphatic carbocycles. The smallest absolute Gasteiger partial charge is 0.243 e. The van der Waals surface area contributed by atoms with Crippen LogP contribution in [0.5, 0.6) is 0 Å². The van der Waals surface area contributed by atoms with E-state index in [0.29, 0.717) is 4.90 Å². The number of carbonyl (C=O) groups is 1. The van der Waals surface area contributed by atoms with Gasteiger partial charge in [-0.15, -0.1) is 0 Å². The van der Waals surface area contributed by atoms with Crippen LogP contribution in [0.2, 0.25) is 0 Å². The lowest BCUT2D eigenvalue weighted by atomic mass is 9.84. The van der Waals surface area contributed by atoms with Crippen molar-refractivity contribution < 1.29 is 13.2 Å². The highest BCUT2D eigenvalue weighted by molar-refractivity contribution is 7.89. The Morgan fingerprint density at radius 2 is 1.78 bits per heavy atom. The van der Waals surface area contributed by atoms with Crippen molar-refractivity contribution in [3.63, 3.8) is 0 Å². The van der Waals surface area contributed by atoms with E-state index >= 15 is 0 Å². The van der Waals surface area contributed by atoms with Crippen LogP contribution in [-0.4, -0.2) is 37.8 Å². The summed E-state index contributed by atoms with van der Waals surface area (Å²) in [7, 11) is -1.78. The fourth-order valence-electron chi connectivity index (χ4n) is 4.76. The number of nitrogens with zero attached hydrogens (tertiary/aromatic N) is 2. The van der Waals surface area contributed by atoms with Crippen molar-refractivity contribution in [1.29, 1.82) is 0 Å². The van der Waals surface area contributed by atoms with Gasteiger partial charge in [-0.05, 0) is 62.8 Å². The quantitative estimate of drug-likeness (QED) is 0.787. The minimum absolute atomic E-state index is 0.0992. The van der Waals surface area contributed by atoms with E-state index < -0.39 is 10.0 Å². The molecule has 0 radical (unpaired) electrons. The third-order valence-electron chi connectivity index (χ3n) is 6.72. The van der Waals surface area contributed by atoms with Gasteiger partial charge in [0.05, 0.1) is 4.90 Å². The van der Waals surface area contributed by atoms with Crippen molar-refractivity contribution >= 4 is 21.6 Å². The Kier molecular flexibility index (Phi) is 5.06. The monoisotopic (exact) mass is 390 g/mol. The topological polar surface area (TPSA) is 57.7 Å². The molecule has 0 bridgehead atoms. The molecule has 2 saturated carbocycles. The van der Waals surface area contributed by atoms with Gasteiger partial charge in [-0.1, -0.05) is 25.7 Å². The van der Waals surface area contributed by atoms with Crippen LogP contribution in [0, 0.1) is 5.92 Å². The van der Waals surface area contributed by atoms with E-state index in [9.17, 15) is 13.2 Å². The maximum absolute atomic E-state index is 13.1. The summed E-state index contributed by atoms with van der Waals surface area (Å²) in [5.74, 6) is 0.363. The minimum Gasteiger partial charge on any atom is -0.309 e. The molecular weight excluding hydrogens is 360 g/mol. The molecule has 0 aromatic heterocycles. The zero-order chi connectivity index (χ0) is 19.2. The number of hydrogen-bond acceptors (Lipinski definition) is 3. The average Bonchev–Trinajstić information content (AvgIpc) is 2.95. The van der Waals surface area contributed by atoms with Crippen LogP contribution in [0.4, 0.5) is 5.69 Å². The second-order valence-corrected chi connectivity index (χ2v) is 10.5. The second kappa shape index (κ2) is 7.21. The van der Waals surface area contributed by atoms with Crippen LogP contribution < -0.4 is 4.90 Å². The van der Waals surface area contributed by atoms with Crippen LogP contribution in [0.1, 0.15) is 63.9 Å². The highest BCUT2D eigenvalue weighted by atomic mass is 32.2. The summed E-state index contributed by atoms with van der Waals surface area (Å²) in [5.41, 5.74) is 1.88. The van der Waals surface area contributed by atoms with E-state index in [4.69, 9.17) is 0 Å². The Bertz CT molecular complexity index is 826. The second-order valence-electron chi connectivity index (χ2n) is 8.49. The standard InChI is InChI=1S/C21H30N2O3S/c1-15-13-17-14-19(27(25,26)22(2)18-9-4-3-5-10-18)11-12-20(17)23(15)21(24)16-7-6-8-16/h11-12,14-16,18H,3-10,13H2,1-2H3/t15-/m0/s1. The highest BCUT2D eigenvalue weighted by Crippen LogP contribution is 2.38. The summed E-state index contributed by atoms with van der Waals surface area (Å²) in [6.45, 7) is 2.05. The van der Waals surface area contributed by atoms with Gasteiger partial charge in [-0.3, -0.25) is 4.79 Å². The molecule has 1 aromatic rings. The number of anilines is 1. The van der Waals surface area contributed by atoms with Crippen molar-refractivity contribution in [2.75, 3.05) is 11.9 Å². The van der Waals surface area contributed by atoms with E-state index in [2.05, 4.69) is 6.92 Å². The van der Waals surface area contributed by atoms with E-state index in [1.165, 1.54) is 6.42 Å². The molecule has 6 heteroatoms. The molecule has 27 heavy (non-hydrogen) atoms. The molecule has 1 atom stereocenters. The molecule has 0 N–H and O–H groups in total. The molecule has 4 rings (SSSR count). The van der Waals surface area contributed by atoms with Gasteiger partial charge in [0.15, 0.2) is 0 Å². The molecule has 1 amide bonds. The number of benzene rings is 1. The Morgan fingerprint density at radius 1 is 1.07 bits per heavy atom. The molecule has 5 nitrogen and oxygen atoms in total. The summed E-state index contributed by atoms with van der Waals surface area (Å²) < 4.78 is 27.8. The van der Waals surface area contributed by atoms with Gasteiger partial charge in [-0.25, -0.2) is 8.42 Å². The summed E-state index contributed by atoms with van der Waals surface area (Å²) in [6, 6.07) is 5.53. The zero-order valence-corrected chi connectivity index (χ0v) is 17.2. The van der Waals surface area contributed by atoms with Gasteiger partial charge in [0.2, 0.25) is 15.9 Å². The Labute approximate surface area is 162 Å². The lowest BCUT2D eigenvalue weighted by Gasteiger charge is -2.32. The van der Waals surface area contributed by atoms with Crippen molar-refractivity contribution in [2.24, 2.45) is 5.92 Å². The third-order valence-corrected chi connectivity index (χ3v) is 8.63. The first-order valence-electron chi connectivity index (χ1n) is 10.3. The lowest BCUT2D eigenvalue weighted by molar-refractivity contribution is -0.125. The number of amides is 1. The molecule has 1 aliphatic heterocycles. The minimum atomic E-state index is -3.50. The number of hydrogen-bond donors (Lipinski definition) is 0. The fraction of sp³-hybridized carbons (Fsp3) is 0.667. The van der Waals surface area contributed by atoms with E-state index in [0.717, 1.165) is 62.6 Å². The maximum Gasteiger partial charge on any atom is 0.243 e. The first kappa shape index (κ1) is 18.9. The molecular formula is C21H30N2O3S. The van der Waals surface area contributed by atoms with E-state index in [1.54, 1.807) is 23.5 Å².